The summed E-state index contributed by atoms with van der Waals surface area (Å²) in [4.78, 5) is 2.59. The minimum absolute atomic E-state index is 0.457. The lowest BCUT2D eigenvalue weighted by molar-refractivity contribution is 0.00503. The van der Waals surface area contributed by atoms with E-state index >= 15 is 0 Å². The average molecular weight is 322 g/mol. The van der Waals surface area contributed by atoms with Crippen molar-refractivity contribution in [3.63, 3.8) is 0 Å². The Kier molecular flexibility index (Phi) is 5.78. The quantitative estimate of drug-likeness (QED) is 0.815. The second kappa shape index (κ2) is 8.02. The Labute approximate surface area is 138 Å². The maximum Gasteiger partial charge on any atom is 0.256 e. The van der Waals surface area contributed by atoms with Crippen LogP contribution in [0.2, 0.25) is 0 Å². The lowest BCUT2D eigenvalue weighted by Gasteiger charge is -2.38. The third-order valence-corrected chi connectivity index (χ3v) is 5.06. The third kappa shape index (κ3) is 4.18. The molecular weight excluding hydrogens is 292 g/mol. The van der Waals surface area contributed by atoms with E-state index in [9.17, 15) is 0 Å². The van der Waals surface area contributed by atoms with Crippen molar-refractivity contribution < 1.29 is 9.47 Å². The molecule has 0 radical (unpaired) electrons. The number of nitrogens with zero attached hydrogens (tertiary/aromatic N) is 3. The van der Waals surface area contributed by atoms with Crippen molar-refractivity contribution in [3.8, 4) is 5.88 Å². The van der Waals surface area contributed by atoms with Gasteiger partial charge in [-0.1, -0.05) is 13.3 Å². The molecule has 2 heterocycles. The summed E-state index contributed by atoms with van der Waals surface area (Å²) in [6, 6.07) is 1.17. The number of ether oxygens (including phenoxy) is 2. The second-order valence-electron chi connectivity index (χ2n) is 6.68. The van der Waals surface area contributed by atoms with Gasteiger partial charge >= 0.3 is 0 Å². The normalized spacial score (nSPS) is 26.3. The monoisotopic (exact) mass is 322 g/mol. The zero-order valence-corrected chi connectivity index (χ0v) is 14.2. The van der Waals surface area contributed by atoms with Crippen LogP contribution in [0.3, 0.4) is 0 Å². The van der Waals surface area contributed by atoms with Crippen molar-refractivity contribution in [2.75, 3.05) is 38.6 Å². The van der Waals surface area contributed by atoms with Gasteiger partial charge < -0.3 is 15.2 Å². The van der Waals surface area contributed by atoms with Gasteiger partial charge in [-0.2, -0.15) is 0 Å². The van der Waals surface area contributed by atoms with E-state index in [4.69, 9.17) is 15.2 Å². The average Bonchev–Trinajstić information content (AvgIpc) is 2.97. The number of unbranched alkanes of at least 4 members (excludes halogenated alkanes) is 1. The van der Waals surface area contributed by atoms with Crippen LogP contribution < -0.4 is 10.5 Å². The van der Waals surface area contributed by atoms with Crippen molar-refractivity contribution in [2.24, 2.45) is 0 Å². The first-order chi connectivity index (χ1) is 11.3. The Morgan fingerprint density at radius 2 is 1.91 bits per heavy atom. The third-order valence-electron chi connectivity index (χ3n) is 5.06. The number of rotatable bonds is 6. The zero-order chi connectivity index (χ0) is 16.1. The number of morpholine rings is 1. The Morgan fingerprint density at radius 1 is 1.22 bits per heavy atom. The number of aromatic nitrogens is 2. The highest BCUT2D eigenvalue weighted by Crippen LogP contribution is 2.33. The van der Waals surface area contributed by atoms with E-state index in [0.717, 1.165) is 52.0 Å². The van der Waals surface area contributed by atoms with E-state index in [2.05, 4.69) is 16.9 Å². The summed E-state index contributed by atoms with van der Waals surface area (Å²) in [6.07, 6.45) is 8.89. The molecule has 2 aliphatic rings. The van der Waals surface area contributed by atoms with Gasteiger partial charge in [0.1, 0.15) is 5.69 Å². The van der Waals surface area contributed by atoms with E-state index in [1.54, 1.807) is 0 Å². The molecule has 0 amide bonds. The standard InChI is InChI=1S/C17H30N4O2/c1-2-3-10-23-17-16(18)13-21(19-17)15-6-4-14(5-7-15)20-8-11-22-12-9-20/h13-15H,2-12,18H2,1H3/t14-,15-. The lowest BCUT2D eigenvalue weighted by Crippen LogP contribution is -2.45. The van der Waals surface area contributed by atoms with E-state index in [1.165, 1.54) is 12.8 Å². The van der Waals surface area contributed by atoms with Gasteiger partial charge in [-0.05, 0) is 32.1 Å². The van der Waals surface area contributed by atoms with Gasteiger partial charge in [0.05, 0.1) is 32.1 Å². The molecule has 1 aromatic rings. The minimum Gasteiger partial charge on any atom is -0.475 e. The van der Waals surface area contributed by atoms with Gasteiger partial charge in [0.2, 0.25) is 0 Å². The molecule has 3 rings (SSSR count). The molecule has 23 heavy (non-hydrogen) atoms. The Morgan fingerprint density at radius 3 is 2.61 bits per heavy atom. The summed E-state index contributed by atoms with van der Waals surface area (Å²) < 4.78 is 13.2. The molecule has 130 valence electrons. The fraction of sp³-hybridized carbons (Fsp3) is 0.824. The summed E-state index contributed by atoms with van der Waals surface area (Å²) in [5.41, 5.74) is 6.71. The smallest absolute Gasteiger partial charge is 0.256 e. The molecule has 2 N–H and O–H groups in total. The van der Waals surface area contributed by atoms with Crippen LogP contribution in [0.5, 0.6) is 5.88 Å². The number of anilines is 1. The molecule has 1 saturated heterocycles. The topological polar surface area (TPSA) is 65.5 Å². The molecule has 1 aromatic heterocycles. The van der Waals surface area contributed by atoms with E-state index in [1.807, 2.05) is 10.9 Å². The fourth-order valence-electron chi connectivity index (χ4n) is 3.63. The Balaban J connectivity index is 1.52. The van der Waals surface area contributed by atoms with Crippen molar-refractivity contribution in [1.82, 2.24) is 14.7 Å². The van der Waals surface area contributed by atoms with Crippen LogP contribution in [0.4, 0.5) is 5.69 Å². The Bertz CT molecular complexity index is 477. The highest BCUT2D eigenvalue weighted by atomic mass is 16.5. The van der Waals surface area contributed by atoms with Crippen LogP contribution in [0, 0.1) is 0 Å². The molecule has 0 spiro atoms. The van der Waals surface area contributed by atoms with Crippen molar-refractivity contribution in [3.05, 3.63) is 6.20 Å². The number of hydrogen-bond donors (Lipinski definition) is 1. The molecule has 1 aliphatic carbocycles. The summed E-state index contributed by atoms with van der Waals surface area (Å²) in [7, 11) is 0. The van der Waals surface area contributed by atoms with Crippen LogP contribution in [-0.4, -0.2) is 53.6 Å². The van der Waals surface area contributed by atoms with Crippen molar-refractivity contribution in [1.29, 1.82) is 0 Å². The lowest BCUT2D eigenvalue weighted by atomic mass is 9.90. The van der Waals surface area contributed by atoms with E-state index in [-0.39, 0.29) is 0 Å². The summed E-state index contributed by atoms with van der Waals surface area (Å²) in [5.74, 6) is 0.605. The molecule has 1 saturated carbocycles. The molecule has 0 unspecified atom stereocenters. The zero-order valence-electron chi connectivity index (χ0n) is 14.2. The SMILES string of the molecule is CCCCOc1nn([C@H]2CC[C@H](N3CCOCC3)CC2)cc1N. The molecule has 0 aromatic carbocycles. The van der Waals surface area contributed by atoms with Crippen LogP contribution in [0.15, 0.2) is 6.20 Å². The van der Waals surface area contributed by atoms with Crippen LogP contribution in [-0.2, 0) is 4.74 Å². The molecule has 6 nitrogen and oxygen atoms in total. The van der Waals surface area contributed by atoms with Crippen LogP contribution in [0.1, 0.15) is 51.5 Å². The Hall–Kier alpha value is -1.27. The van der Waals surface area contributed by atoms with Crippen molar-refractivity contribution >= 4 is 5.69 Å². The molecule has 1 aliphatic heterocycles. The van der Waals surface area contributed by atoms with Gasteiger partial charge in [0, 0.05) is 19.1 Å². The number of nitrogens with two attached hydrogens (primary N) is 1. The van der Waals surface area contributed by atoms with Crippen LogP contribution >= 0.6 is 0 Å². The predicted molar refractivity (Wildman–Crippen MR) is 90.7 cm³/mol. The fourth-order valence-corrected chi connectivity index (χ4v) is 3.63. The highest BCUT2D eigenvalue weighted by molar-refractivity contribution is 5.46. The maximum absolute atomic E-state index is 6.04. The molecule has 6 heteroatoms. The molecule has 2 fully saturated rings. The van der Waals surface area contributed by atoms with E-state index in [0.29, 0.717) is 30.3 Å². The predicted octanol–water partition coefficient (Wildman–Crippen LogP) is 2.46. The molecule has 0 atom stereocenters. The summed E-state index contributed by atoms with van der Waals surface area (Å²) >= 11 is 0. The van der Waals surface area contributed by atoms with Crippen molar-refractivity contribution in [2.45, 2.75) is 57.5 Å². The first-order valence-electron chi connectivity index (χ1n) is 9.07. The van der Waals surface area contributed by atoms with Gasteiger partial charge in [0.15, 0.2) is 0 Å². The van der Waals surface area contributed by atoms with Gasteiger partial charge in [-0.15, -0.1) is 5.10 Å². The molecule has 0 bridgehead atoms. The number of hydrogen-bond acceptors (Lipinski definition) is 5. The van der Waals surface area contributed by atoms with E-state index < -0.39 is 0 Å². The first-order valence-corrected chi connectivity index (χ1v) is 9.07. The number of nitrogen functional groups attached to an aromatic ring is 1. The highest BCUT2D eigenvalue weighted by Gasteiger charge is 2.28. The molecular formula is C17H30N4O2. The minimum atomic E-state index is 0.457. The maximum atomic E-state index is 6.04. The van der Waals surface area contributed by atoms with Gasteiger partial charge in [-0.25, -0.2) is 0 Å². The summed E-state index contributed by atoms with van der Waals surface area (Å²) in [6.45, 7) is 6.78. The first kappa shape index (κ1) is 16.6. The summed E-state index contributed by atoms with van der Waals surface area (Å²) in [5, 5.41) is 4.58. The van der Waals surface area contributed by atoms with Crippen LogP contribution in [0.25, 0.3) is 0 Å². The second-order valence-corrected chi connectivity index (χ2v) is 6.68. The van der Waals surface area contributed by atoms with Gasteiger partial charge in [0.25, 0.3) is 5.88 Å². The largest absolute Gasteiger partial charge is 0.475 e. The van der Waals surface area contributed by atoms with Gasteiger partial charge in [-0.3, -0.25) is 9.58 Å².